The second-order valence-corrected chi connectivity index (χ2v) is 4.00. The predicted octanol–water partition coefficient (Wildman–Crippen LogP) is 2.06. The molecule has 0 aliphatic rings. The molecule has 1 heterocycles. The third kappa shape index (κ3) is 3.09. The van der Waals surface area contributed by atoms with Crippen molar-refractivity contribution in [3.63, 3.8) is 0 Å². The lowest BCUT2D eigenvalue weighted by Gasteiger charge is -2.05. The van der Waals surface area contributed by atoms with Crippen molar-refractivity contribution in [2.45, 2.75) is 6.42 Å². The fourth-order valence-corrected chi connectivity index (χ4v) is 1.69. The third-order valence-electron chi connectivity index (χ3n) is 2.72. The highest BCUT2D eigenvalue weighted by Crippen LogP contribution is 2.19. The van der Waals surface area contributed by atoms with Crippen LogP contribution < -0.4 is 9.47 Å². The Bertz CT molecular complexity index is 632. The lowest BCUT2D eigenvalue weighted by atomic mass is 10.1. The first kappa shape index (κ1) is 13.9. The van der Waals surface area contributed by atoms with Gasteiger partial charge >= 0.3 is 0 Å². The Kier molecular flexibility index (Phi) is 4.24. The molecule has 1 aromatic carbocycles. The van der Waals surface area contributed by atoms with E-state index >= 15 is 0 Å². The van der Waals surface area contributed by atoms with E-state index in [4.69, 9.17) is 9.47 Å². The predicted molar refractivity (Wildman–Crippen MR) is 69.6 cm³/mol. The van der Waals surface area contributed by atoms with Crippen LogP contribution in [0.15, 0.2) is 30.6 Å². The lowest BCUT2D eigenvalue weighted by Crippen LogP contribution is -2.06. The molecule has 6 heteroatoms. The van der Waals surface area contributed by atoms with Gasteiger partial charge in [0.25, 0.3) is 0 Å². The van der Waals surface area contributed by atoms with Gasteiger partial charge in [-0.3, -0.25) is 4.79 Å². The number of aromatic nitrogens is 2. The highest BCUT2D eigenvalue weighted by molar-refractivity contribution is 5.97. The average molecular weight is 276 g/mol. The normalized spacial score (nSPS) is 10.2. The van der Waals surface area contributed by atoms with Crippen molar-refractivity contribution in [1.82, 2.24) is 9.97 Å². The van der Waals surface area contributed by atoms with E-state index in [-0.39, 0.29) is 23.5 Å². The highest BCUT2D eigenvalue weighted by Gasteiger charge is 2.12. The molecule has 2 rings (SSSR count). The zero-order valence-electron chi connectivity index (χ0n) is 11.1. The molecule has 104 valence electrons. The Hall–Kier alpha value is -2.50. The summed E-state index contributed by atoms with van der Waals surface area (Å²) in [5.74, 6) is -0.333. The molecule has 0 aliphatic carbocycles. The van der Waals surface area contributed by atoms with Crippen LogP contribution in [0, 0.1) is 5.82 Å². The van der Waals surface area contributed by atoms with E-state index in [1.165, 1.54) is 32.7 Å². The van der Waals surface area contributed by atoms with E-state index < -0.39 is 5.82 Å². The molecule has 0 spiro atoms. The molecular weight excluding hydrogens is 263 g/mol. The monoisotopic (exact) mass is 276 g/mol. The van der Waals surface area contributed by atoms with Crippen LogP contribution in [-0.4, -0.2) is 30.0 Å². The molecule has 5 nitrogen and oxygen atoms in total. The number of benzene rings is 1. The minimum absolute atomic E-state index is 0.0463. The van der Waals surface area contributed by atoms with Gasteiger partial charge < -0.3 is 9.47 Å². The van der Waals surface area contributed by atoms with Gasteiger partial charge in [-0.1, -0.05) is 0 Å². The molecule has 0 fully saturated rings. The van der Waals surface area contributed by atoms with Crippen LogP contribution in [0.4, 0.5) is 4.39 Å². The molecule has 0 radical (unpaired) electrons. The van der Waals surface area contributed by atoms with Crippen LogP contribution in [0.2, 0.25) is 0 Å². The number of Topliss-reactive ketones (excluding diaryl/α,β-unsaturated/α-hetero) is 1. The first-order valence-corrected chi connectivity index (χ1v) is 5.85. The first-order chi connectivity index (χ1) is 9.63. The summed E-state index contributed by atoms with van der Waals surface area (Å²) in [6, 6.07) is 5.66. The Labute approximate surface area is 115 Å². The first-order valence-electron chi connectivity index (χ1n) is 5.85. The van der Waals surface area contributed by atoms with Gasteiger partial charge in [0.15, 0.2) is 17.3 Å². The maximum atomic E-state index is 13.5. The van der Waals surface area contributed by atoms with Crippen molar-refractivity contribution in [3.05, 3.63) is 47.7 Å². The van der Waals surface area contributed by atoms with E-state index in [2.05, 4.69) is 9.97 Å². The van der Waals surface area contributed by atoms with Gasteiger partial charge in [-0.05, 0) is 18.2 Å². The highest BCUT2D eigenvalue weighted by atomic mass is 19.1. The molecule has 0 bridgehead atoms. The van der Waals surface area contributed by atoms with Crippen molar-refractivity contribution in [2.24, 2.45) is 0 Å². The van der Waals surface area contributed by atoms with E-state index in [1.807, 2.05) is 0 Å². The number of methoxy groups -OCH3 is 2. The number of ether oxygens (including phenoxy) is 2. The number of hydrogen-bond acceptors (Lipinski definition) is 5. The number of nitrogens with zero attached hydrogens (tertiary/aromatic N) is 2. The van der Waals surface area contributed by atoms with Gasteiger partial charge in [0.05, 0.1) is 26.3 Å². The molecule has 0 N–H and O–H groups in total. The molecule has 1 aromatic heterocycles. The lowest BCUT2D eigenvalue weighted by molar-refractivity contribution is 0.0991. The number of carbonyl (C=O) groups is 1. The number of halogens is 1. The molecule has 0 saturated carbocycles. The minimum Gasteiger partial charge on any atom is -0.494 e. The van der Waals surface area contributed by atoms with Crippen LogP contribution in [-0.2, 0) is 6.42 Å². The summed E-state index contributed by atoms with van der Waals surface area (Å²) in [6.07, 6.45) is 1.36. The molecule has 20 heavy (non-hydrogen) atoms. The molecule has 0 unspecified atom stereocenters. The number of rotatable bonds is 5. The van der Waals surface area contributed by atoms with Crippen molar-refractivity contribution in [3.8, 4) is 11.6 Å². The zero-order chi connectivity index (χ0) is 14.5. The molecule has 0 atom stereocenters. The van der Waals surface area contributed by atoms with Crippen LogP contribution in [0.25, 0.3) is 0 Å². The van der Waals surface area contributed by atoms with Crippen molar-refractivity contribution in [1.29, 1.82) is 0 Å². The summed E-state index contributed by atoms with van der Waals surface area (Å²) < 4.78 is 23.3. The standard InChI is InChI=1S/C14H13FN2O3/c1-19-13-4-3-9(5-11(13)15)12(18)6-10-7-14(20-2)17-8-16-10/h3-5,7-8H,6H2,1-2H3. The molecular formula is C14H13FN2O3. The van der Waals surface area contributed by atoms with E-state index in [0.717, 1.165) is 6.07 Å². The van der Waals surface area contributed by atoms with Gasteiger partial charge in [0, 0.05) is 11.6 Å². The van der Waals surface area contributed by atoms with Gasteiger partial charge in [0.1, 0.15) is 6.33 Å². The Morgan fingerprint density at radius 1 is 1.20 bits per heavy atom. The number of hydrogen-bond donors (Lipinski definition) is 0. The summed E-state index contributed by atoms with van der Waals surface area (Å²) in [7, 11) is 2.85. The van der Waals surface area contributed by atoms with Gasteiger partial charge in [-0.25, -0.2) is 14.4 Å². The van der Waals surface area contributed by atoms with Crippen LogP contribution in [0.3, 0.4) is 0 Å². The molecule has 0 saturated heterocycles. The Morgan fingerprint density at radius 2 is 2.00 bits per heavy atom. The Morgan fingerprint density at radius 3 is 2.65 bits per heavy atom. The van der Waals surface area contributed by atoms with Crippen molar-refractivity contribution < 1.29 is 18.7 Å². The topological polar surface area (TPSA) is 61.3 Å². The summed E-state index contributed by atoms with van der Waals surface area (Å²) >= 11 is 0. The maximum absolute atomic E-state index is 13.5. The largest absolute Gasteiger partial charge is 0.494 e. The van der Waals surface area contributed by atoms with Gasteiger partial charge in [0.2, 0.25) is 5.88 Å². The summed E-state index contributed by atoms with van der Waals surface area (Å²) in [5.41, 5.74) is 0.777. The van der Waals surface area contributed by atoms with Crippen LogP contribution >= 0.6 is 0 Å². The fourth-order valence-electron chi connectivity index (χ4n) is 1.69. The van der Waals surface area contributed by atoms with Crippen LogP contribution in [0.5, 0.6) is 11.6 Å². The maximum Gasteiger partial charge on any atom is 0.216 e. The number of carbonyl (C=O) groups excluding carboxylic acids is 1. The van der Waals surface area contributed by atoms with Crippen LogP contribution in [0.1, 0.15) is 16.1 Å². The van der Waals surface area contributed by atoms with E-state index in [1.54, 1.807) is 6.07 Å². The molecule has 0 amide bonds. The van der Waals surface area contributed by atoms with Gasteiger partial charge in [-0.2, -0.15) is 0 Å². The second kappa shape index (κ2) is 6.10. The number of ketones is 1. The van der Waals surface area contributed by atoms with Crippen molar-refractivity contribution in [2.75, 3.05) is 14.2 Å². The van der Waals surface area contributed by atoms with Gasteiger partial charge in [-0.15, -0.1) is 0 Å². The smallest absolute Gasteiger partial charge is 0.216 e. The minimum atomic E-state index is -0.571. The Balaban J connectivity index is 2.17. The second-order valence-electron chi connectivity index (χ2n) is 4.00. The van der Waals surface area contributed by atoms with E-state index in [9.17, 15) is 9.18 Å². The zero-order valence-corrected chi connectivity index (χ0v) is 11.1. The average Bonchev–Trinajstić information content (AvgIpc) is 2.47. The third-order valence-corrected chi connectivity index (χ3v) is 2.72. The molecule has 2 aromatic rings. The quantitative estimate of drug-likeness (QED) is 0.782. The van der Waals surface area contributed by atoms with E-state index in [0.29, 0.717) is 11.6 Å². The fraction of sp³-hybridized carbons (Fsp3) is 0.214. The summed E-state index contributed by atoms with van der Waals surface area (Å²) in [4.78, 5) is 19.9. The molecule has 0 aliphatic heterocycles. The summed E-state index contributed by atoms with van der Waals surface area (Å²) in [6.45, 7) is 0. The summed E-state index contributed by atoms with van der Waals surface area (Å²) in [5, 5.41) is 0. The van der Waals surface area contributed by atoms with Crippen molar-refractivity contribution >= 4 is 5.78 Å². The SMILES string of the molecule is COc1cc(CC(=O)c2ccc(OC)c(F)c2)ncn1.